The maximum Gasteiger partial charge on any atom is 0.328 e. The number of carboxylic acid groups (broad SMARTS) is 1. The summed E-state index contributed by atoms with van der Waals surface area (Å²) in [6.45, 7) is 5.22. The molecule has 0 aromatic carbocycles. The lowest BCUT2D eigenvalue weighted by Crippen LogP contribution is -2.00. The van der Waals surface area contributed by atoms with Crippen molar-refractivity contribution in [1.29, 1.82) is 0 Å². The van der Waals surface area contributed by atoms with Crippen molar-refractivity contribution in [3.63, 3.8) is 0 Å². The molecule has 1 unspecified atom stereocenters. The van der Waals surface area contributed by atoms with E-state index in [4.69, 9.17) is 15.3 Å². The molecule has 0 amide bonds. The Hall–Kier alpha value is -0.870. The van der Waals surface area contributed by atoms with E-state index in [1.165, 1.54) is 6.08 Å². The standard InChI is InChI=1S/C5H8O2.C4H10O2/c1-4(2)3-5(6)7;1-4(6)2-3-5/h3H,1-2H3,(H,6,7);4-6H,2-3H2,1H3. The highest BCUT2D eigenvalue weighted by Crippen LogP contribution is 1.85. The van der Waals surface area contributed by atoms with Crippen molar-refractivity contribution >= 4 is 5.97 Å². The fourth-order valence-electron chi connectivity index (χ4n) is 0.434. The van der Waals surface area contributed by atoms with Gasteiger partial charge in [-0.05, 0) is 27.2 Å². The Kier molecular flexibility index (Phi) is 10.4. The summed E-state index contributed by atoms with van der Waals surface area (Å²) >= 11 is 0. The van der Waals surface area contributed by atoms with E-state index in [2.05, 4.69) is 0 Å². The zero-order chi connectivity index (χ0) is 10.9. The van der Waals surface area contributed by atoms with Crippen LogP contribution in [-0.2, 0) is 4.79 Å². The second-order valence-corrected chi connectivity index (χ2v) is 2.92. The van der Waals surface area contributed by atoms with E-state index >= 15 is 0 Å². The molecule has 0 rings (SSSR count). The van der Waals surface area contributed by atoms with Crippen molar-refractivity contribution in [3.8, 4) is 0 Å². The first-order valence-corrected chi connectivity index (χ1v) is 4.07. The van der Waals surface area contributed by atoms with Crippen LogP contribution in [-0.4, -0.2) is 34.0 Å². The van der Waals surface area contributed by atoms with Crippen LogP contribution in [0.3, 0.4) is 0 Å². The Morgan fingerprint density at radius 2 is 1.92 bits per heavy atom. The third-order valence-electron chi connectivity index (χ3n) is 0.959. The SMILES string of the molecule is CC(C)=CC(=O)O.CC(O)CCO. The highest BCUT2D eigenvalue weighted by molar-refractivity contribution is 5.80. The quantitative estimate of drug-likeness (QED) is 0.575. The van der Waals surface area contributed by atoms with Gasteiger partial charge >= 0.3 is 5.97 Å². The lowest BCUT2D eigenvalue weighted by molar-refractivity contribution is -0.131. The van der Waals surface area contributed by atoms with Gasteiger partial charge in [-0.1, -0.05) is 5.57 Å². The van der Waals surface area contributed by atoms with Gasteiger partial charge in [-0.15, -0.1) is 0 Å². The second kappa shape index (κ2) is 9.22. The van der Waals surface area contributed by atoms with Crippen LogP contribution in [0.5, 0.6) is 0 Å². The predicted molar refractivity (Wildman–Crippen MR) is 50.5 cm³/mol. The van der Waals surface area contributed by atoms with Gasteiger partial charge in [-0.3, -0.25) is 0 Å². The van der Waals surface area contributed by atoms with Gasteiger partial charge in [-0.25, -0.2) is 4.79 Å². The van der Waals surface area contributed by atoms with E-state index in [1.54, 1.807) is 20.8 Å². The number of carboxylic acids is 1. The van der Waals surface area contributed by atoms with Crippen LogP contribution in [0.25, 0.3) is 0 Å². The summed E-state index contributed by atoms with van der Waals surface area (Å²) in [4.78, 5) is 9.73. The summed E-state index contributed by atoms with van der Waals surface area (Å²) in [5.41, 5.74) is 0.813. The molecular formula is C9H18O4. The Balaban J connectivity index is 0. The van der Waals surface area contributed by atoms with Crippen LogP contribution in [0.15, 0.2) is 11.6 Å². The van der Waals surface area contributed by atoms with E-state index in [0.717, 1.165) is 5.57 Å². The van der Waals surface area contributed by atoms with E-state index in [-0.39, 0.29) is 12.7 Å². The molecule has 1 atom stereocenters. The Morgan fingerprint density at radius 1 is 1.46 bits per heavy atom. The molecule has 0 spiro atoms. The summed E-state index contributed by atoms with van der Waals surface area (Å²) in [7, 11) is 0. The van der Waals surface area contributed by atoms with Crippen molar-refractivity contribution < 1.29 is 20.1 Å². The molecule has 3 N–H and O–H groups in total. The Morgan fingerprint density at radius 3 is 1.92 bits per heavy atom. The maximum atomic E-state index is 9.73. The van der Waals surface area contributed by atoms with Crippen molar-refractivity contribution in [3.05, 3.63) is 11.6 Å². The lowest BCUT2D eigenvalue weighted by Gasteiger charge is -1.95. The van der Waals surface area contributed by atoms with Gasteiger partial charge in [0, 0.05) is 12.7 Å². The topological polar surface area (TPSA) is 77.8 Å². The van der Waals surface area contributed by atoms with Crippen molar-refractivity contribution in [2.24, 2.45) is 0 Å². The normalized spacial score (nSPS) is 10.8. The molecule has 0 heterocycles. The van der Waals surface area contributed by atoms with Gasteiger partial charge in [0.05, 0.1) is 6.10 Å². The van der Waals surface area contributed by atoms with Crippen LogP contribution in [0.1, 0.15) is 27.2 Å². The number of aliphatic carboxylic acids is 1. The fraction of sp³-hybridized carbons (Fsp3) is 0.667. The minimum Gasteiger partial charge on any atom is -0.478 e. The third kappa shape index (κ3) is 24.7. The summed E-state index contributed by atoms with van der Waals surface area (Å²) in [6, 6.07) is 0. The second-order valence-electron chi connectivity index (χ2n) is 2.92. The van der Waals surface area contributed by atoms with Crippen LogP contribution in [0, 0.1) is 0 Å². The number of aliphatic hydroxyl groups excluding tert-OH is 2. The first-order chi connectivity index (χ1) is 5.90. The molecule has 0 bridgehead atoms. The summed E-state index contributed by atoms with van der Waals surface area (Å²) < 4.78 is 0. The van der Waals surface area contributed by atoms with Crippen LogP contribution < -0.4 is 0 Å². The molecule has 0 aromatic rings. The first kappa shape index (κ1) is 14.6. The number of hydrogen-bond donors (Lipinski definition) is 3. The lowest BCUT2D eigenvalue weighted by atomic mass is 10.3. The molecule has 0 radical (unpaired) electrons. The molecule has 0 aliphatic heterocycles. The molecule has 0 saturated carbocycles. The first-order valence-electron chi connectivity index (χ1n) is 4.07. The fourth-order valence-corrected chi connectivity index (χ4v) is 0.434. The minimum atomic E-state index is -0.875. The van der Waals surface area contributed by atoms with Gasteiger partial charge in [0.1, 0.15) is 0 Å². The smallest absolute Gasteiger partial charge is 0.328 e. The van der Waals surface area contributed by atoms with Gasteiger partial charge in [0.15, 0.2) is 0 Å². The zero-order valence-electron chi connectivity index (χ0n) is 8.32. The Bertz CT molecular complexity index is 157. The number of hydrogen-bond acceptors (Lipinski definition) is 3. The monoisotopic (exact) mass is 190 g/mol. The van der Waals surface area contributed by atoms with Crippen molar-refractivity contribution in [1.82, 2.24) is 0 Å². The average molecular weight is 190 g/mol. The molecular weight excluding hydrogens is 172 g/mol. The molecule has 0 aliphatic carbocycles. The molecule has 0 fully saturated rings. The van der Waals surface area contributed by atoms with E-state index in [1.807, 2.05) is 0 Å². The molecule has 0 saturated heterocycles. The molecule has 4 nitrogen and oxygen atoms in total. The molecule has 0 aromatic heterocycles. The minimum absolute atomic E-state index is 0.0810. The average Bonchev–Trinajstić information content (AvgIpc) is 1.83. The largest absolute Gasteiger partial charge is 0.478 e. The van der Waals surface area contributed by atoms with Crippen LogP contribution >= 0.6 is 0 Å². The number of allylic oxidation sites excluding steroid dienone is 1. The molecule has 0 aliphatic rings. The van der Waals surface area contributed by atoms with E-state index < -0.39 is 5.97 Å². The Labute approximate surface area is 78.5 Å². The van der Waals surface area contributed by atoms with E-state index in [0.29, 0.717) is 6.42 Å². The van der Waals surface area contributed by atoms with Gasteiger partial charge in [0.25, 0.3) is 0 Å². The van der Waals surface area contributed by atoms with Gasteiger partial charge < -0.3 is 15.3 Å². The zero-order valence-corrected chi connectivity index (χ0v) is 8.32. The number of carbonyl (C=O) groups is 1. The summed E-state index contributed by atoms with van der Waals surface area (Å²) in [5.74, 6) is -0.875. The van der Waals surface area contributed by atoms with Crippen molar-refractivity contribution in [2.75, 3.05) is 6.61 Å². The van der Waals surface area contributed by atoms with Crippen LogP contribution in [0.4, 0.5) is 0 Å². The van der Waals surface area contributed by atoms with Crippen LogP contribution in [0.2, 0.25) is 0 Å². The number of rotatable bonds is 3. The predicted octanol–water partition coefficient (Wildman–Crippen LogP) is 0.787. The van der Waals surface area contributed by atoms with Gasteiger partial charge in [-0.2, -0.15) is 0 Å². The summed E-state index contributed by atoms with van der Waals surface area (Å²) in [5, 5.41) is 24.5. The summed E-state index contributed by atoms with van der Waals surface area (Å²) in [6.07, 6.45) is 1.30. The highest BCUT2D eigenvalue weighted by atomic mass is 16.4. The maximum absolute atomic E-state index is 9.73. The highest BCUT2D eigenvalue weighted by Gasteiger charge is 1.88. The van der Waals surface area contributed by atoms with E-state index in [9.17, 15) is 4.79 Å². The third-order valence-corrected chi connectivity index (χ3v) is 0.959. The molecule has 4 heteroatoms. The molecule has 13 heavy (non-hydrogen) atoms. The van der Waals surface area contributed by atoms with Gasteiger partial charge in [0.2, 0.25) is 0 Å². The van der Waals surface area contributed by atoms with Crippen molar-refractivity contribution in [2.45, 2.75) is 33.3 Å². The molecule has 78 valence electrons. The number of aliphatic hydroxyl groups is 2.